The molecule has 0 saturated carbocycles. The Morgan fingerprint density at radius 2 is 1.48 bits per heavy atom. The highest BCUT2D eigenvalue weighted by atomic mass is 35.5. The molecule has 1 aliphatic rings. The van der Waals surface area contributed by atoms with Crippen molar-refractivity contribution in [2.45, 2.75) is 20.1 Å². The van der Waals surface area contributed by atoms with Gasteiger partial charge in [0.15, 0.2) is 0 Å². The summed E-state index contributed by atoms with van der Waals surface area (Å²) in [4.78, 5) is 39.9. The maximum atomic E-state index is 13.1. The number of hydrogen-bond donors (Lipinski definition) is 2. The summed E-state index contributed by atoms with van der Waals surface area (Å²) >= 11 is 6.28. The molecule has 5 rings (SSSR count). The fourth-order valence-corrected chi connectivity index (χ4v) is 4.41. The zero-order chi connectivity index (χ0) is 28.1. The van der Waals surface area contributed by atoms with Crippen molar-refractivity contribution in [3.05, 3.63) is 136 Å². The molecular formula is C32H26ClN3O4. The van der Waals surface area contributed by atoms with Gasteiger partial charge in [-0.2, -0.15) is 0 Å². The predicted molar refractivity (Wildman–Crippen MR) is 155 cm³/mol. The van der Waals surface area contributed by atoms with E-state index in [0.29, 0.717) is 29.3 Å². The topological polar surface area (TPSA) is 87.7 Å². The van der Waals surface area contributed by atoms with Crippen molar-refractivity contribution >= 4 is 40.7 Å². The highest BCUT2D eigenvalue weighted by Crippen LogP contribution is 2.29. The minimum absolute atomic E-state index is 0.0191. The van der Waals surface area contributed by atoms with Gasteiger partial charge >= 0.3 is 0 Å². The van der Waals surface area contributed by atoms with Crippen LogP contribution in [0.4, 0.5) is 11.4 Å². The number of carbonyl (C=O) groups is 3. The number of carbonyl (C=O) groups excluding carboxylic acids is 3. The lowest BCUT2D eigenvalue weighted by molar-refractivity contribution is -0.138. The molecule has 2 N–H and O–H groups in total. The van der Waals surface area contributed by atoms with E-state index >= 15 is 0 Å². The smallest absolute Gasteiger partial charge is 0.279 e. The second kappa shape index (κ2) is 11.9. The number of halogens is 1. The molecule has 1 heterocycles. The van der Waals surface area contributed by atoms with E-state index in [4.69, 9.17) is 16.3 Å². The monoisotopic (exact) mass is 551 g/mol. The van der Waals surface area contributed by atoms with Gasteiger partial charge in [0.1, 0.15) is 23.1 Å². The van der Waals surface area contributed by atoms with Crippen LogP contribution in [0, 0.1) is 6.92 Å². The fraction of sp³-hybridized carbons (Fsp3) is 0.0938. The van der Waals surface area contributed by atoms with Crippen molar-refractivity contribution in [1.82, 2.24) is 4.90 Å². The molecule has 0 fully saturated rings. The van der Waals surface area contributed by atoms with Crippen molar-refractivity contribution < 1.29 is 19.1 Å². The van der Waals surface area contributed by atoms with Crippen LogP contribution in [-0.2, 0) is 22.7 Å². The third-order valence-corrected chi connectivity index (χ3v) is 6.77. The Morgan fingerprint density at radius 1 is 0.825 bits per heavy atom. The Kier molecular flexibility index (Phi) is 7.94. The lowest BCUT2D eigenvalue weighted by Gasteiger charge is -2.16. The molecule has 40 heavy (non-hydrogen) atoms. The average molecular weight is 552 g/mol. The fourth-order valence-electron chi connectivity index (χ4n) is 4.18. The second-order valence-corrected chi connectivity index (χ2v) is 9.66. The molecule has 0 unspecified atom stereocenters. The second-order valence-electron chi connectivity index (χ2n) is 9.28. The average Bonchev–Trinajstić information content (AvgIpc) is 3.17. The number of imide groups is 1. The molecule has 0 aromatic heterocycles. The lowest BCUT2D eigenvalue weighted by atomic mass is 10.1. The maximum Gasteiger partial charge on any atom is 0.279 e. The number of hydrogen-bond acceptors (Lipinski definition) is 5. The van der Waals surface area contributed by atoms with Crippen LogP contribution in [-0.4, -0.2) is 22.6 Å². The molecule has 4 aromatic carbocycles. The van der Waals surface area contributed by atoms with E-state index in [9.17, 15) is 14.4 Å². The van der Waals surface area contributed by atoms with E-state index in [1.54, 1.807) is 42.5 Å². The largest absolute Gasteiger partial charge is 0.489 e. The standard InChI is InChI=1S/C32H26ClN3O4/c1-21-12-13-24(30(37)34-25-14-16-26(17-15-25)40-20-23-10-6-3-7-11-23)18-27(21)35-29-28(33)31(38)36(32(29)39)19-22-8-4-2-5-9-22/h2-18,35H,19-20H2,1H3,(H,34,37). The van der Waals surface area contributed by atoms with Gasteiger partial charge in [0.2, 0.25) is 0 Å². The van der Waals surface area contributed by atoms with Gasteiger partial charge in [-0.3, -0.25) is 19.3 Å². The number of benzene rings is 4. The first-order valence-electron chi connectivity index (χ1n) is 12.6. The van der Waals surface area contributed by atoms with E-state index in [-0.39, 0.29) is 23.2 Å². The van der Waals surface area contributed by atoms with E-state index in [2.05, 4.69) is 10.6 Å². The molecule has 0 atom stereocenters. The number of rotatable bonds is 9. The number of amides is 3. The normalized spacial score (nSPS) is 13.0. The van der Waals surface area contributed by atoms with E-state index < -0.39 is 11.8 Å². The highest BCUT2D eigenvalue weighted by Gasteiger charge is 2.38. The molecule has 0 aliphatic carbocycles. The van der Waals surface area contributed by atoms with Crippen LogP contribution in [0.1, 0.15) is 27.0 Å². The summed E-state index contributed by atoms with van der Waals surface area (Å²) in [5.41, 5.74) is 4.09. The van der Waals surface area contributed by atoms with E-state index in [1.165, 1.54) is 0 Å². The van der Waals surface area contributed by atoms with Crippen molar-refractivity contribution in [3.8, 4) is 5.75 Å². The summed E-state index contributed by atoms with van der Waals surface area (Å²) in [5.74, 6) is -0.741. The quantitative estimate of drug-likeness (QED) is 0.240. The summed E-state index contributed by atoms with van der Waals surface area (Å²) in [6, 6.07) is 31.2. The van der Waals surface area contributed by atoms with Crippen molar-refractivity contribution in [2.24, 2.45) is 0 Å². The Bertz CT molecular complexity index is 1590. The minimum Gasteiger partial charge on any atom is -0.489 e. The molecular weight excluding hydrogens is 526 g/mol. The van der Waals surface area contributed by atoms with Crippen molar-refractivity contribution in [3.63, 3.8) is 0 Å². The molecule has 7 nitrogen and oxygen atoms in total. The Hall–Kier alpha value is -4.88. The number of aryl methyl sites for hydroxylation is 1. The summed E-state index contributed by atoms with van der Waals surface area (Å²) < 4.78 is 5.80. The summed E-state index contributed by atoms with van der Waals surface area (Å²) in [6.07, 6.45) is 0. The summed E-state index contributed by atoms with van der Waals surface area (Å²) in [7, 11) is 0. The first kappa shape index (κ1) is 26.7. The van der Waals surface area contributed by atoms with Crippen LogP contribution in [0.2, 0.25) is 0 Å². The lowest BCUT2D eigenvalue weighted by Crippen LogP contribution is -2.31. The predicted octanol–water partition coefficient (Wildman–Crippen LogP) is 6.26. The molecule has 0 radical (unpaired) electrons. The van der Waals surface area contributed by atoms with Crippen LogP contribution in [0.25, 0.3) is 0 Å². The summed E-state index contributed by atoms with van der Waals surface area (Å²) in [5, 5.41) is 5.67. The molecule has 200 valence electrons. The van der Waals surface area contributed by atoms with Gasteiger partial charge in [-0.25, -0.2) is 0 Å². The van der Waals surface area contributed by atoms with Gasteiger partial charge in [0, 0.05) is 16.9 Å². The van der Waals surface area contributed by atoms with Crippen LogP contribution in [0.15, 0.2) is 114 Å². The third-order valence-electron chi connectivity index (χ3n) is 6.41. The van der Waals surface area contributed by atoms with E-state index in [1.807, 2.05) is 67.6 Å². The summed E-state index contributed by atoms with van der Waals surface area (Å²) in [6.45, 7) is 2.39. The van der Waals surface area contributed by atoms with Crippen LogP contribution < -0.4 is 15.4 Å². The van der Waals surface area contributed by atoms with Crippen LogP contribution in [0.3, 0.4) is 0 Å². The van der Waals surface area contributed by atoms with Crippen LogP contribution in [0.5, 0.6) is 5.75 Å². The van der Waals surface area contributed by atoms with Gasteiger partial charge in [-0.15, -0.1) is 0 Å². The first-order chi connectivity index (χ1) is 19.4. The maximum absolute atomic E-state index is 13.1. The Balaban J connectivity index is 1.24. The molecule has 8 heteroatoms. The Morgan fingerprint density at radius 3 is 2.15 bits per heavy atom. The Labute approximate surface area is 237 Å². The number of ether oxygens (including phenoxy) is 1. The first-order valence-corrected chi connectivity index (χ1v) is 13.0. The SMILES string of the molecule is Cc1ccc(C(=O)Nc2ccc(OCc3ccccc3)cc2)cc1NC1=C(Cl)C(=O)N(Cc2ccccc2)C1=O. The number of nitrogens with zero attached hydrogens (tertiary/aromatic N) is 1. The zero-order valence-corrected chi connectivity index (χ0v) is 22.4. The van der Waals surface area contributed by atoms with Gasteiger partial charge in [-0.05, 0) is 60.0 Å². The zero-order valence-electron chi connectivity index (χ0n) is 21.7. The molecule has 1 aliphatic heterocycles. The molecule has 0 saturated heterocycles. The van der Waals surface area contributed by atoms with Gasteiger partial charge < -0.3 is 15.4 Å². The minimum atomic E-state index is -0.569. The van der Waals surface area contributed by atoms with Gasteiger partial charge in [-0.1, -0.05) is 78.3 Å². The van der Waals surface area contributed by atoms with Crippen molar-refractivity contribution in [2.75, 3.05) is 10.6 Å². The molecule has 4 aromatic rings. The highest BCUT2D eigenvalue weighted by molar-refractivity contribution is 6.48. The van der Waals surface area contributed by atoms with Crippen molar-refractivity contribution in [1.29, 1.82) is 0 Å². The van der Waals surface area contributed by atoms with Gasteiger partial charge in [0.25, 0.3) is 17.7 Å². The molecule has 3 amide bonds. The van der Waals surface area contributed by atoms with Crippen LogP contribution >= 0.6 is 11.6 Å². The number of nitrogens with one attached hydrogen (secondary N) is 2. The third kappa shape index (κ3) is 6.06. The van der Waals surface area contributed by atoms with E-state index in [0.717, 1.165) is 21.6 Å². The van der Waals surface area contributed by atoms with Gasteiger partial charge in [0.05, 0.1) is 6.54 Å². The molecule has 0 bridgehead atoms. The number of anilines is 2. The molecule has 0 spiro atoms.